The van der Waals surface area contributed by atoms with E-state index < -0.39 is 11.9 Å². The zero-order valence-electron chi connectivity index (χ0n) is 20.7. The molecule has 1 aliphatic rings. The summed E-state index contributed by atoms with van der Waals surface area (Å²) in [6.07, 6.45) is 5.22. The van der Waals surface area contributed by atoms with E-state index in [2.05, 4.69) is 35.2 Å². The molecule has 1 fully saturated rings. The number of carboxylic acids is 2. The van der Waals surface area contributed by atoms with Crippen LogP contribution in [0, 0.1) is 0 Å². The number of carboxylic acid groups (broad SMARTS) is 2. The molecule has 0 radical (unpaired) electrons. The molecular weight excluding hydrogens is 490 g/mol. The minimum atomic E-state index is -1.26. The molecule has 1 amide bonds. The Labute approximate surface area is 220 Å². The number of thiazole rings is 1. The van der Waals surface area contributed by atoms with Gasteiger partial charge in [-0.1, -0.05) is 55.5 Å². The standard InChI is InChI=1S/C24H27N3OS.C4H4O4/c1-2-22(28)27(21-11-7-4-8-12-21)24(23-25-15-18-29-23)13-16-26(17-14-24)19-20-9-5-3-6-10-20;5-3(6)1-2-4(7)8/h3-12,15,18H,2,13-14,16-17,19H2,1H3;1-2H,(H,5,6)(H,7,8)/b;2-1-. The molecule has 194 valence electrons. The summed E-state index contributed by atoms with van der Waals surface area (Å²) in [5.74, 6) is -2.36. The van der Waals surface area contributed by atoms with Gasteiger partial charge in [-0.05, 0) is 30.5 Å². The van der Waals surface area contributed by atoms with Crippen molar-refractivity contribution in [1.29, 1.82) is 0 Å². The molecule has 0 unspecified atom stereocenters. The first-order chi connectivity index (χ1) is 17.9. The Morgan fingerprint density at radius 2 is 1.54 bits per heavy atom. The molecule has 0 spiro atoms. The molecule has 0 aliphatic carbocycles. The molecule has 3 aromatic rings. The topological polar surface area (TPSA) is 111 Å². The van der Waals surface area contributed by atoms with Crippen molar-refractivity contribution >= 4 is 34.9 Å². The smallest absolute Gasteiger partial charge is 0.328 e. The Balaban J connectivity index is 0.000000414. The average molecular weight is 522 g/mol. The van der Waals surface area contributed by atoms with Crippen molar-refractivity contribution < 1.29 is 24.6 Å². The lowest BCUT2D eigenvalue weighted by atomic mass is 9.84. The molecule has 2 heterocycles. The number of amides is 1. The number of rotatable bonds is 8. The Hall–Kier alpha value is -3.82. The summed E-state index contributed by atoms with van der Waals surface area (Å²) < 4.78 is 0. The lowest BCUT2D eigenvalue weighted by Crippen LogP contribution is -2.55. The van der Waals surface area contributed by atoms with E-state index in [9.17, 15) is 14.4 Å². The normalized spacial score (nSPS) is 14.9. The highest BCUT2D eigenvalue weighted by Crippen LogP contribution is 2.43. The molecule has 1 aliphatic heterocycles. The first-order valence-electron chi connectivity index (χ1n) is 12.0. The van der Waals surface area contributed by atoms with Gasteiger partial charge in [0.25, 0.3) is 0 Å². The summed E-state index contributed by atoms with van der Waals surface area (Å²) in [4.78, 5) is 41.5. The highest BCUT2D eigenvalue weighted by molar-refractivity contribution is 7.09. The van der Waals surface area contributed by atoms with Crippen LogP contribution in [0.25, 0.3) is 0 Å². The van der Waals surface area contributed by atoms with Crippen LogP contribution in [0.4, 0.5) is 5.69 Å². The molecular formula is C28H31N3O5S. The fourth-order valence-corrected chi connectivity index (χ4v) is 5.30. The summed E-state index contributed by atoms with van der Waals surface area (Å²) in [7, 11) is 0. The number of aromatic nitrogens is 1. The summed E-state index contributed by atoms with van der Waals surface area (Å²) in [5, 5.41) is 18.7. The number of anilines is 1. The van der Waals surface area contributed by atoms with Crippen molar-refractivity contribution in [3.63, 3.8) is 0 Å². The predicted molar refractivity (Wildman–Crippen MR) is 143 cm³/mol. The van der Waals surface area contributed by atoms with Crippen LogP contribution < -0.4 is 4.90 Å². The van der Waals surface area contributed by atoms with Crippen LogP contribution >= 0.6 is 11.3 Å². The number of likely N-dealkylation sites (tertiary alicyclic amines) is 1. The second kappa shape index (κ2) is 13.5. The minimum absolute atomic E-state index is 0.155. The Bertz CT molecular complexity index is 1160. The zero-order valence-corrected chi connectivity index (χ0v) is 21.5. The lowest BCUT2D eigenvalue weighted by Gasteiger charge is -2.47. The quantitative estimate of drug-likeness (QED) is 0.410. The molecule has 0 bridgehead atoms. The molecule has 4 rings (SSSR count). The van der Waals surface area contributed by atoms with Gasteiger partial charge in [-0.2, -0.15) is 0 Å². The van der Waals surface area contributed by atoms with Gasteiger partial charge in [-0.25, -0.2) is 14.6 Å². The third kappa shape index (κ3) is 7.58. The van der Waals surface area contributed by atoms with Gasteiger partial charge >= 0.3 is 11.9 Å². The third-order valence-electron chi connectivity index (χ3n) is 6.13. The molecule has 1 aromatic heterocycles. The van der Waals surface area contributed by atoms with Gasteiger partial charge in [0.2, 0.25) is 5.91 Å². The SMILES string of the molecule is CCC(=O)N(c1ccccc1)C1(c2nccs2)CCN(Cc2ccccc2)CC1.O=C(O)/C=C\C(=O)O. The zero-order chi connectivity index (χ0) is 26.7. The van der Waals surface area contributed by atoms with Crippen LogP contribution in [-0.4, -0.2) is 51.0 Å². The number of benzene rings is 2. The van der Waals surface area contributed by atoms with E-state index in [-0.39, 0.29) is 11.4 Å². The Morgan fingerprint density at radius 1 is 0.973 bits per heavy atom. The van der Waals surface area contributed by atoms with E-state index in [1.54, 1.807) is 11.3 Å². The van der Waals surface area contributed by atoms with E-state index in [0.717, 1.165) is 43.2 Å². The first kappa shape index (κ1) is 27.8. The largest absolute Gasteiger partial charge is 0.478 e. The number of aliphatic carboxylic acids is 2. The van der Waals surface area contributed by atoms with E-state index >= 15 is 0 Å². The fourth-order valence-electron chi connectivity index (χ4n) is 4.42. The van der Waals surface area contributed by atoms with Crippen LogP contribution in [0.5, 0.6) is 0 Å². The average Bonchev–Trinajstić information content (AvgIpc) is 3.46. The molecule has 1 saturated heterocycles. The van der Waals surface area contributed by atoms with Crippen LogP contribution in [0.1, 0.15) is 36.8 Å². The molecule has 0 saturated carbocycles. The highest BCUT2D eigenvalue weighted by atomic mass is 32.1. The van der Waals surface area contributed by atoms with E-state index in [0.29, 0.717) is 18.6 Å². The van der Waals surface area contributed by atoms with Gasteiger partial charge in [0.15, 0.2) is 0 Å². The highest BCUT2D eigenvalue weighted by Gasteiger charge is 2.46. The molecule has 9 heteroatoms. The maximum atomic E-state index is 13.2. The number of carbonyl (C=O) groups excluding carboxylic acids is 1. The van der Waals surface area contributed by atoms with Crippen molar-refractivity contribution in [2.45, 2.75) is 38.3 Å². The van der Waals surface area contributed by atoms with Crippen molar-refractivity contribution in [2.24, 2.45) is 0 Å². The number of hydrogen-bond donors (Lipinski definition) is 2. The van der Waals surface area contributed by atoms with Crippen LogP contribution in [0.2, 0.25) is 0 Å². The summed E-state index contributed by atoms with van der Waals surface area (Å²) in [6.45, 7) is 4.77. The number of piperidine rings is 1. The minimum Gasteiger partial charge on any atom is -0.478 e. The number of hydrogen-bond acceptors (Lipinski definition) is 6. The van der Waals surface area contributed by atoms with E-state index in [4.69, 9.17) is 15.2 Å². The van der Waals surface area contributed by atoms with Crippen molar-refractivity contribution in [1.82, 2.24) is 9.88 Å². The van der Waals surface area contributed by atoms with E-state index in [1.165, 1.54) is 5.56 Å². The molecule has 2 aromatic carbocycles. The first-order valence-corrected chi connectivity index (χ1v) is 12.9. The number of carbonyl (C=O) groups is 3. The van der Waals surface area contributed by atoms with Gasteiger partial charge in [0.05, 0.1) is 0 Å². The van der Waals surface area contributed by atoms with Crippen LogP contribution in [0.15, 0.2) is 84.4 Å². The number of para-hydroxylation sites is 1. The van der Waals surface area contributed by atoms with Crippen molar-refractivity contribution in [2.75, 3.05) is 18.0 Å². The second-order valence-corrected chi connectivity index (χ2v) is 9.45. The molecule has 37 heavy (non-hydrogen) atoms. The third-order valence-corrected chi connectivity index (χ3v) is 7.09. The van der Waals surface area contributed by atoms with Crippen LogP contribution in [-0.2, 0) is 26.5 Å². The van der Waals surface area contributed by atoms with Gasteiger partial charge in [-0.3, -0.25) is 14.6 Å². The number of nitrogens with zero attached hydrogens (tertiary/aromatic N) is 3. The van der Waals surface area contributed by atoms with Gasteiger partial charge in [-0.15, -0.1) is 11.3 Å². The van der Waals surface area contributed by atoms with Gasteiger partial charge in [0.1, 0.15) is 10.5 Å². The Morgan fingerprint density at radius 3 is 2.03 bits per heavy atom. The van der Waals surface area contributed by atoms with Gasteiger partial charge < -0.3 is 10.2 Å². The van der Waals surface area contributed by atoms with E-state index in [1.807, 2.05) is 53.7 Å². The summed E-state index contributed by atoms with van der Waals surface area (Å²) in [5.41, 5.74) is 1.92. The van der Waals surface area contributed by atoms with Gasteiger partial charge in [0, 0.05) is 55.5 Å². The molecule has 8 nitrogen and oxygen atoms in total. The molecule has 2 N–H and O–H groups in total. The predicted octanol–water partition coefficient (Wildman–Crippen LogP) is 4.79. The molecule has 0 atom stereocenters. The fraction of sp³-hybridized carbons (Fsp3) is 0.286. The Kier molecular flexibility index (Phi) is 10.1. The maximum absolute atomic E-state index is 13.2. The maximum Gasteiger partial charge on any atom is 0.328 e. The summed E-state index contributed by atoms with van der Waals surface area (Å²) in [6, 6.07) is 20.7. The summed E-state index contributed by atoms with van der Waals surface area (Å²) >= 11 is 1.66. The lowest BCUT2D eigenvalue weighted by molar-refractivity contribution is -0.134. The van der Waals surface area contributed by atoms with Crippen molar-refractivity contribution in [3.8, 4) is 0 Å². The second-order valence-electron chi connectivity index (χ2n) is 8.56. The monoisotopic (exact) mass is 521 g/mol. The van der Waals surface area contributed by atoms with Crippen molar-refractivity contribution in [3.05, 3.63) is 95.0 Å². The van der Waals surface area contributed by atoms with Crippen LogP contribution in [0.3, 0.4) is 0 Å².